The highest BCUT2D eigenvalue weighted by atomic mass is 16.2. The van der Waals surface area contributed by atoms with E-state index in [1.165, 1.54) is 0 Å². The van der Waals surface area contributed by atoms with Crippen molar-refractivity contribution in [2.24, 2.45) is 0 Å². The van der Waals surface area contributed by atoms with Gasteiger partial charge in [0.25, 0.3) is 5.91 Å². The maximum absolute atomic E-state index is 12.7. The molecule has 0 aromatic heterocycles. The molecule has 0 radical (unpaired) electrons. The van der Waals surface area contributed by atoms with E-state index in [1.807, 2.05) is 38.1 Å². The first-order chi connectivity index (χ1) is 12.9. The van der Waals surface area contributed by atoms with E-state index >= 15 is 0 Å². The van der Waals surface area contributed by atoms with Crippen LogP contribution >= 0.6 is 0 Å². The minimum Gasteiger partial charge on any atom is -0.348 e. The summed E-state index contributed by atoms with van der Waals surface area (Å²) >= 11 is 0. The monoisotopic (exact) mass is 374 g/mol. The molecule has 1 aliphatic heterocycles. The quantitative estimate of drug-likeness (QED) is 0.533. The first-order valence-corrected chi connectivity index (χ1v) is 9.63. The van der Waals surface area contributed by atoms with Crippen LogP contribution in [0, 0.1) is 0 Å². The molecule has 27 heavy (non-hydrogen) atoms. The lowest BCUT2D eigenvalue weighted by atomic mass is 10.1. The van der Waals surface area contributed by atoms with Gasteiger partial charge in [-0.1, -0.05) is 32.0 Å². The summed E-state index contributed by atoms with van der Waals surface area (Å²) in [6, 6.07) is 6.48. The fourth-order valence-electron chi connectivity index (χ4n) is 3.34. The summed E-state index contributed by atoms with van der Waals surface area (Å²) in [5, 5.41) is 5.22. The Kier molecular flexibility index (Phi) is 7.36. The molecule has 2 N–H and O–H groups in total. The van der Waals surface area contributed by atoms with E-state index in [4.69, 9.17) is 0 Å². The molecule has 0 saturated carbocycles. The van der Waals surface area contributed by atoms with E-state index in [0.717, 1.165) is 37.3 Å². The van der Waals surface area contributed by atoms with E-state index in [9.17, 15) is 14.4 Å². The lowest BCUT2D eigenvalue weighted by molar-refractivity contribution is -0.140. The van der Waals surface area contributed by atoms with E-state index in [2.05, 4.69) is 29.4 Å². The number of fused-ring (bicyclic) bond motifs is 1. The van der Waals surface area contributed by atoms with E-state index in [0.29, 0.717) is 6.54 Å². The van der Waals surface area contributed by atoms with Crippen molar-refractivity contribution in [1.82, 2.24) is 15.5 Å². The van der Waals surface area contributed by atoms with Crippen molar-refractivity contribution in [3.63, 3.8) is 0 Å². The number of para-hydroxylation sites is 1. The molecule has 1 aromatic rings. The van der Waals surface area contributed by atoms with Crippen LogP contribution in [0.3, 0.4) is 0 Å². The Labute approximate surface area is 161 Å². The third-order valence-corrected chi connectivity index (χ3v) is 4.82. The molecule has 0 aliphatic carbocycles. The van der Waals surface area contributed by atoms with Crippen LogP contribution in [0.4, 0.5) is 5.69 Å². The Hall–Kier alpha value is -2.41. The zero-order valence-electron chi connectivity index (χ0n) is 16.6. The lowest BCUT2D eigenvalue weighted by Crippen LogP contribution is -2.45. The van der Waals surface area contributed by atoms with Gasteiger partial charge in [0.15, 0.2) is 0 Å². The number of nitrogens with zero attached hydrogens (tertiary/aromatic N) is 2. The van der Waals surface area contributed by atoms with Gasteiger partial charge in [-0.05, 0) is 46.0 Å². The molecule has 1 atom stereocenters. The predicted molar refractivity (Wildman–Crippen MR) is 105 cm³/mol. The van der Waals surface area contributed by atoms with Crippen LogP contribution < -0.4 is 15.5 Å². The molecule has 2 rings (SSSR count). The summed E-state index contributed by atoms with van der Waals surface area (Å²) < 4.78 is 0. The SMILES string of the molecule is CCN(CC)CCCNC(=O)C(=O)N[C@@H]1C(=O)N(C(C)C)c2ccccc21. The van der Waals surface area contributed by atoms with Gasteiger partial charge in [0.1, 0.15) is 6.04 Å². The van der Waals surface area contributed by atoms with Crippen molar-refractivity contribution >= 4 is 23.4 Å². The number of amides is 3. The molecular formula is C20H30N4O3. The Morgan fingerprint density at radius 1 is 1.15 bits per heavy atom. The fraction of sp³-hybridized carbons (Fsp3) is 0.550. The topological polar surface area (TPSA) is 81.8 Å². The largest absolute Gasteiger partial charge is 0.348 e. The van der Waals surface area contributed by atoms with Gasteiger partial charge in [-0.3, -0.25) is 14.4 Å². The highest BCUT2D eigenvalue weighted by Gasteiger charge is 2.39. The molecule has 148 valence electrons. The van der Waals surface area contributed by atoms with E-state index in [-0.39, 0.29) is 11.9 Å². The number of nitrogens with one attached hydrogen (secondary N) is 2. The Balaban J connectivity index is 1.93. The lowest BCUT2D eigenvalue weighted by Gasteiger charge is -2.22. The second kappa shape index (κ2) is 9.50. The van der Waals surface area contributed by atoms with Crippen LogP contribution in [-0.2, 0) is 14.4 Å². The first kappa shape index (κ1) is 20.9. The number of rotatable bonds is 8. The van der Waals surface area contributed by atoms with E-state index < -0.39 is 17.9 Å². The van der Waals surface area contributed by atoms with Crippen LogP contribution in [0.25, 0.3) is 0 Å². The van der Waals surface area contributed by atoms with Crippen molar-refractivity contribution in [1.29, 1.82) is 0 Å². The summed E-state index contributed by atoms with van der Waals surface area (Å²) in [7, 11) is 0. The second-order valence-corrected chi connectivity index (χ2v) is 6.90. The minimum absolute atomic E-state index is 0.0329. The second-order valence-electron chi connectivity index (χ2n) is 6.90. The summed E-state index contributed by atoms with van der Waals surface area (Å²) in [5.41, 5.74) is 1.50. The number of carbonyl (C=O) groups is 3. The molecular weight excluding hydrogens is 344 g/mol. The average molecular weight is 374 g/mol. The summed E-state index contributed by atoms with van der Waals surface area (Å²) in [6.07, 6.45) is 0.771. The van der Waals surface area contributed by atoms with Gasteiger partial charge >= 0.3 is 11.8 Å². The number of benzene rings is 1. The molecule has 1 aliphatic rings. The zero-order chi connectivity index (χ0) is 20.0. The summed E-state index contributed by atoms with van der Waals surface area (Å²) in [4.78, 5) is 41.0. The molecule has 3 amide bonds. The number of hydrogen-bond acceptors (Lipinski definition) is 4. The normalized spacial score (nSPS) is 16.0. The third-order valence-electron chi connectivity index (χ3n) is 4.82. The van der Waals surface area contributed by atoms with Crippen molar-refractivity contribution in [3.8, 4) is 0 Å². The number of carbonyl (C=O) groups excluding carboxylic acids is 3. The highest BCUT2D eigenvalue weighted by Crippen LogP contribution is 2.36. The molecule has 0 fully saturated rings. The number of hydrogen-bond donors (Lipinski definition) is 2. The molecule has 0 unspecified atom stereocenters. The van der Waals surface area contributed by atoms with Crippen molar-refractivity contribution in [3.05, 3.63) is 29.8 Å². The van der Waals surface area contributed by atoms with Crippen molar-refractivity contribution in [2.45, 2.75) is 46.2 Å². The molecule has 0 bridgehead atoms. The maximum Gasteiger partial charge on any atom is 0.310 e. The van der Waals surface area contributed by atoms with Gasteiger partial charge in [0, 0.05) is 23.8 Å². The van der Waals surface area contributed by atoms with E-state index in [1.54, 1.807) is 4.90 Å². The van der Waals surface area contributed by atoms with Gasteiger partial charge < -0.3 is 20.4 Å². The fourth-order valence-corrected chi connectivity index (χ4v) is 3.34. The van der Waals surface area contributed by atoms with Crippen LogP contribution in [0.5, 0.6) is 0 Å². The summed E-state index contributed by atoms with van der Waals surface area (Å²) in [5.74, 6) is -1.70. The minimum atomic E-state index is -0.822. The van der Waals surface area contributed by atoms with Gasteiger partial charge in [-0.25, -0.2) is 0 Å². The molecule has 1 heterocycles. The molecule has 7 heteroatoms. The van der Waals surface area contributed by atoms with Gasteiger partial charge in [-0.15, -0.1) is 0 Å². The molecule has 7 nitrogen and oxygen atoms in total. The Morgan fingerprint density at radius 2 is 1.81 bits per heavy atom. The van der Waals surface area contributed by atoms with Gasteiger partial charge in [-0.2, -0.15) is 0 Å². The van der Waals surface area contributed by atoms with Crippen LogP contribution in [0.15, 0.2) is 24.3 Å². The van der Waals surface area contributed by atoms with Gasteiger partial charge in [0.05, 0.1) is 0 Å². The zero-order valence-corrected chi connectivity index (χ0v) is 16.6. The van der Waals surface area contributed by atoms with Crippen LogP contribution in [-0.4, -0.2) is 54.8 Å². The first-order valence-electron chi connectivity index (χ1n) is 9.63. The third kappa shape index (κ3) is 4.86. The summed E-state index contributed by atoms with van der Waals surface area (Å²) in [6.45, 7) is 11.2. The standard InChI is InChI=1S/C20H30N4O3/c1-5-23(6-2)13-9-12-21-18(25)19(26)22-17-15-10-7-8-11-16(15)24(14(3)4)20(17)27/h7-8,10-11,14,17H,5-6,9,12-13H2,1-4H3,(H,21,25)(H,22,26)/t17-/m0/s1. The highest BCUT2D eigenvalue weighted by molar-refractivity contribution is 6.35. The molecule has 0 saturated heterocycles. The average Bonchev–Trinajstić information content (AvgIpc) is 2.93. The van der Waals surface area contributed by atoms with Crippen molar-refractivity contribution in [2.75, 3.05) is 31.1 Å². The van der Waals surface area contributed by atoms with Crippen LogP contribution in [0.1, 0.15) is 45.7 Å². The Morgan fingerprint density at radius 3 is 2.44 bits per heavy atom. The number of anilines is 1. The van der Waals surface area contributed by atoms with Gasteiger partial charge in [0.2, 0.25) is 0 Å². The Bertz CT molecular complexity index is 686. The van der Waals surface area contributed by atoms with Crippen LogP contribution in [0.2, 0.25) is 0 Å². The smallest absolute Gasteiger partial charge is 0.310 e. The molecule has 1 aromatic carbocycles. The van der Waals surface area contributed by atoms with Crippen molar-refractivity contribution < 1.29 is 14.4 Å². The maximum atomic E-state index is 12.7. The molecule has 0 spiro atoms. The predicted octanol–water partition coefficient (Wildman–Crippen LogP) is 1.45.